The largest absolute Gasteiger partial charge is 0.346 e. The summed E-state index contributed by atoms with van der Waals surface area (Å²) in [7, 11) is 0. The van der Waals surface area contributed by atoms with E-state index < -0.39 is 0 Å². The Morgan fingerprint density at radius 1 is 1.18 bits per heavy atom. The molecule has 1 fully saturated rings. The zero-order valence-electron chi connectivity index (χ0n) is 7.73. The molecule has 1 aliphatic rings. The van der Waals surface area contributed by atoms with Crippen LogP contribution in [-0.4, -0.2) is 19.0 Å². The van der Waals surface area contributed by atoms with E-state index in [1.54, 1.807) is 0 Å². The van der Waals surface area contributed by atoms with Crippen LogP contribution >= 0.6 is 0 Å². The quantitative estimate of drug-likeness (QED) is 0.500. The number of ether oxygens (including phenoxy) is 2. The summed E-state index contributed by atoms with van der Waals surface area (Å²) < 4.78 is 10.9. The minimum Gasteiger partial charge on any atom is -0.346 e. The summed E-state index contributed by atoms with van der Waals surface area (Å²) in [6.07, 6.45) is 0. The molecule has 0 N–H and O–H groups in total. The summed E-state index contributed by atoms with van der Waals surface area (Å²) in [4.78, 5) is 0. The van der Waals surface area contributed by atoms with Crippen molar-refractivity contribution in [2.24, 2.45) is 0 Å². The zero-order valence-corrected chi connectivity index (χ0v) is 7.73. The fourth-order valence-corrected chi connectivity index (χ4v) is 0.894. The second kappa shape index (κ2) is 2.95. The van der Waals surface area contributed by atoms with Crippen LogP contribution in [0.3, 0.4) is 0 Å². The minimum atomic E-state index is -0.390. The third-order valence-corrected chi connectivity index (χ3v) is 1.90. The molecule has 0 aliphatic carbocycles. The molecule has 0 aromatic rings. The van der Waals surface area contributed by atoms with Gasteiger partial charge in [0.15, 0.2) is 5.79 Å². The first-order valence-electron chi connectivity index (χ1n) is 3.94. The van der Waals surface area contributed by atoms with Crippen LogP contribution in [0.2, 0.25) is 0 Å². The monoisotopic (exact) mass is 156 g/mol. The van der Waals surface area contributed by atoms with E-state index in [-0.39, 0.29) is 5.79 Å². The highest BCUT2D eigenvalue weighted by molar-refractivity contribution is 5.12. The fraction of sp³-hybridized carbons (Fsp3) is 0.778. The second-order valence-corrected chi connectivity index (χ2v) is 3.58. The molecule has 0 saturated carbocycles. The van der Waals surface area contributed by atoms with E-state index in [4.69, 9.17) is 9.47 Å². The lowest BCUT2D eigenvalue weighted by Gasteiger charge is -2.32. The van der Waals surface area contributed by atoms with Gasteiger partial charge in [0.05, 0.1) is 13.2 Å². The van der Waals surface area contributed by atoms with Gasteiger partial charge in [0, 0.05) is 0 Å². The highest BCUT2D eigenvalue weighted by atomic mass is 16.7. The molecule has 0 amide bonds. The predicted octanol–water partition coefficient (Wildman–Crippen LogP) is 2.11. The second-order valence-electron chi connectivity index (χ2n) is 3.58. The Bertz CT molecular complexity index is 164. The van der Waals surface area contributed by atoms with Gasteiger partial charge in [-0.2, -0.15) is 0 Å². The maximum atomic E-state index is 5.46. The summed E-state index contributed by atoms with van der Waals surface area (Å²) >= 11 is 0. The van der Waals surface area contributed by atoms with Gasteiger partial charge in [-0.3, -0.25) is 0 Å². The first-order chi connectivity index (χ1) is 5.01. The van der Waals surface area contributed by atoms with Crippen LogP contribution in [0.15, 0.2) is 11.1 Å². The molecule has 2 nitrogen and oxygen atoms in total. The maximum absolute atomic E-state index is 5.46. The molecule has 0 radical (unpaired) electrons. The molecule has 64 valence electrons. The van der Waals surface area contributed by atoms with Crippen LogP contribution in [0, 0.1) is 0 Å². The van der Waals surface area contributed by atoms with Gasteiger partial charge in [0.2, 0.25) is 0 Å². The topological polar surface area (TPSA) is 18.5 Å². The van der Waals surface area contributed by atoms with Gasteiger partial charge in [0.1, 0.15) is 0 Å². The number of rotatable bonds is 0. The van der Waals surface area contributed by atoms with Crippen LogP contribution in [0.25, 0.3) is 0 Å². The molecule has 1 heterocycles. The Morgan fingerprint density at radius 2 is 1.64 bits per heavy atom. The average Bonchev–Trinajstić information content (AvgIpc) is 1.86. The van der Waals surface area contributed by atoms with E-state index in [9.17, 15) is 0 Å². The van der Waals surface area contributed by atoms with Crippen LogP contribution in [0.4, 0.5) is 0 Å². The van der Waals surface area contributed by atoms with Crippen LogP contribution < -0.4 is 0 Å². The van der Waals surface area contributed by atoms with Crippen molar-refractivity contribution in [1.29, 1.82) is 0 Å². The van der Waals surface area contributed by atoms with Crippen molar-refractivity contribution in [3.63, 3.8) is 0 Å². The minimum absolute atomic E-state index is 0.390. The van der Waals surface area contributed by atoms with Gasteiger partial charge >= 0.3 is 0 Å². The molecule has 1 aliphatic heterocycles. The van der Waals surface area contributed by atoms with E-state index in [1.165, 1.54) is 11.1 Å². The fourth-order valence-electron chi connectivity index (χ4n) is 0.894. The van der Waals surface area contributed by atoms with Crippen molar-refractivity contribution < 1.29 is 9.47 Å². The van der Waals surface area contributed by atoms with Gasteiger partial charge in [0.25, 0.3) is 0 Å². The molecule has 1 saturated heterocycles. The van der Waals surface area contributed by atoms with Gasteiger partial charge in [-0.05, 0) is 33.3 Å². The Kier molecular flexibility index (Phi) is 2.35. The summed E-state index contributed by atoms with van der Waals surface area (Å²) in [5.74, 6) is -0.390. The van der Waals surface area contributed by atoms with Crippen molar-refractivity contribution in [3.05, 3.63) is 11.1 Å². The third kappa shape index (κ3) is 2.31. The first kappa shape index (κ1) is 8.75. The summed E-state index contributed by atoms with van der Waals surface area (Å²) in [6.45, 7) is 9.48. The van der Waals surface area contributed by atoms with E-state index in [2.05, 4.69) is 13.8 Å². The molecule has 0 aromatic heterocycles. The highest BCUT2D eigenvalue weighted by Crippen LogP contribution is 2.21. The van der Waals surface area contributed by atoms with Crippen molar-refractivity contribution in [1.82, 2.24) is 0 Å². The Labute approximate surface area is 68.2 Å². The van der Waals surface area contributed by atoms with Crippen molar-refractivity contribution in [2.45, 2.75) is 33.5 Å². The molecule has 2 heteroatoms. The standard InChI is InChI=1S/C9H16O2/c1-7(2)8-5-10-9(3,4)11-6-8/h5-6H2,1-4H3. The lowest BCUT2D eigenvalue weighted by Crippen LogP contribution is -2.35. The molecule has 0 bridgehead atoms. The van der Waals surface area contributed by atoms with Crippen LogP contribution in [-0.2, 0) is 9.47 Å². The molecule has 1 rings (SSSR count). The summed E-state index contributed by atoms with van der Waals surface area (Å²) in [6, 6.07) is 0. The van der Waals surface area contributed by atoms with Gasteiger partial charge in [-0.25, -0.2) is 0 Å². The highest BCUT2D eigenvalue weighted by Gasteiger charge is 2.24. The number of hydrogen-bond acceptors (Lipinski definition) is 2. The van der Waals surface area contributed by atoms with Gasteiger partial charge < -0.3 is 9.47 Å². The van der Waals surface area contributed by atoms with Gasteiger partial charge in [-0.1, -0.05) is 5.57 Å². The lowest BCUT2D eigenvalue weighted by molar-refractivity contribution is -0.226. The maximum Gasteiger partial charge on any atom is 0.163 e. The van der Waals surface area contributed by atoms with Crippen molar-refractivity contribution in [2.75, 3.05) is 13.2 Å². The van der Waals surface area contributed by atoms with Crippen LogP contribution in [0.1, 0.15) is 27.7 Å². The van der Waals surface area contributed by atoms with Crippen molar-refractivity contribution in [3.8, 4) is 0 Å². The van der Waals surface area contributed by atoms with Gasteiger partial charge in [-0.15, -0.1) is 0 Å². The normalized spacial score (nSPS) is 23.5. The molecular weight excluding hydrogens is 140 g/mol. The molecule has 0 unspecified atom stereocenters. The average molecular weight is 156 g/mol. The van der Waals surface area contributed by atoms with Crippen LogP contribution in [0.5, 0.6) is 0 Å². The Hall–Kier alpha value is -0.340. The smallest absolute Gasteiger partial charge is 0.163 e. The predicted molar refractivity (Wildman–Crippen MR) is 44.4 cm³/mol. The lowest BCUT2D eigenvalue weighted by atomic mass is 10.1. The van der Waals surface area contributed by atoms with E-state index in [0.29, 0.717) is 0 Å². The number of allylic oxidation sites excluding steroid dienone is 1. The molecule has 0 aromatic carbocycles. The van der Waals surface area contributed by atoms with E-state index >= 15 is 0 Å². The summed E-state index contributed by atoms with van der Waals surface area (Å²) in [5.41, 5.74) is 2.57. The van der Waals surface area contributed by atoms with E-state index in [0.717, 1.165) is 13.2 Å². The van der Waals surface area contributed by atoms with E-state index in [1.807, 2.05) is 13.8 Å². The van der Waals surface area contributed by atoms with Crippen molar-refractivity contribution >= 4 is 0 Å². The molecule has 11 heavy (non-hydrogen) atoms. The zero-order chi connectivity index (χ0) is 8.48. The summed E-state index contributed by atoms with van der Waals surface area (Å²) in [5, 5.41) is 0. The Morgan fingerprint density at radius 3 is 2.00 bits per heavy atom. The first-order valence-corrected chi connectivity index (χ1v) is 3.94. The SMILES string of the molecule is CC(C)=C1COC(C)(C)OC1. The Balaban J connectivity index is 2.56. The molecule has 0 spiro atoms. The molecular formula is C9H16O2. The third-order valence-electron chi connectivity index (χ3n) is 1.90. The molecule has 0 atom stereocenters. The number of hydrogen-bond donors (Lipinski definition) is 0.